The standard InChI is InChI=1S/C25H24FN3O2/c1-15-8-7-11-23(17(15)3)29-16(2)12-20(18(29)4)13-22-24(30)28(25(31)27-22)14-19-9-5-6-10-21(19)26/h5-13H,14H2,1-4H3,(H,27,31). The van der Waals surface area contributed by atoms with Crippen LogP contribution < -0.4 is 5.32 Å². The van der Waals surface area contributed by atoms with Crippen LogP contribution in [0.1, 0.15) is 33.6 Å². The molecule has 3 aromatic rings. The van der Waals surface area contributed by atoms with Crippen molar-refractivity contribution in [3.8, 4) is 5.69 Å². The molecule has 0 spiro atoms. The smallest absolute Gasteiger partial charge is 0.318 e. The van der Waals surface area contributed by atoms with Crippen LogP contribution >= 0.6 is 0 Å². The number of nitrogens with zero attached hydrogens (tertiary/aromatic N) is 2. The lowest BCUT2D eigenvalue weighted by Crippen LogP contribution is -2.30. The number of rotatable bonds is 4. The Morgan fingerprint density at radius 3 is 2.48 bits per heavy atom. The number of aromatic nitrogens is 1. The highest BCUT2D eigenvalue weighted by molar-refractivity contribution is 6.14. The highest BCUT2D eigenvalue weighted by Gasteiger charge is 2.34. The molecule has 4 rings (SSSR count). The third kappa shape index (κ3) is 3.65. The normalized spacial score (nSPS) is 15.1. The van der Waals surface area contributed by atoms with Crippen molar-refractivity contribution in [1.82, 2.24) is 14.8 Å². The molecule has 0 saturated carbocycles. The summed E-state index contributed by atoms with van der Waals surface area (Å²) in [5.41, 5.74) is 6.78. The van der Waals surface area contributed by atoms with Crippen LogP contribution in [0.2, 0.25) is 0 Å². The second-order valence-electron chi connectivity index (χ2n) is 7.85. The summed E-state index contributed by atoms with van der Waals surface area (Å²) in [6.45, 7) is 8.04. The Bertz CT molecular complexity index is 1240. The second kappa shape index (κ2) is 7.87. The molecular formula is C25H24FN3O2. The van der Waals surface area contributed by atoms with E-state index in [1.807, 2.05) is 26.0 Å². The molecule has 0 radical (unpaired) electrons. The Morgan fingerprint density at radius 1 is 1.00 bits per heavy atom. The van der Waals surface area contributed by atoms with Gasteiger partial charge in [0, 0.05) is 22.6 Å². The SMILES string of the molecule is Cc1cccc(-n2c(C)cc(C=C3NC(=O)N(Cc4ccccc4F)C3=O)c2C)c1C. The maximum atomic E-state index is 14.0. The number of urea groups is 1. The topological polar surface area (TPSA) is 54.3 Å². The van der Waals surface area contributed by atoms with Gasteiger partial charge < -0.3 is 9.88 Å². The maximum absolute atomic E-state index is 14.0. The third-order valence-electron chi connectivity index (χ3n) is 5.84. The lowest BCUT2D eigenvalue weighted by molar-refractivity contribution is -0.123. The van der Waals surface area contributed by atoms with Crippen LogP contribution in [0.3, 0.4) is 0 Å². The van der Waals surface area contributed by atoms with Gasteiger partial charge >= 0.3 is 6.03 Å². The fraction of sp³-hybridized carbons (Fsp3) is 0.200. The minimum Gasteiger partial charge on any atom is -0.318 e. The lowest BCUT2D eigenvalue weighted by atomic mass is 10.1. The summed E-state index contributed by atoms with van der Waals surface area (Å²) in [7, 11) is 0. The molecular weight excluding hydrogens is 393 g/mol. The second-order valence-corrected chi connectivity index (χ2v) is 7.85. The average Bonchev–Trinajstić information content (AvgIpc) is 3.15. The summed E-state index contributed by atoms with van der Waals surface area (Å²) in [6.07, 6.45) is 1.69. The average molecular weight is 417 g/mol. The van der Waals surface area contributed by atoms with E-state index in [1.54, 1.807) is 24.3 Å². The number of hydrogen-bond acceptors (Lipinski definition) is 2. The summed E-state index contributed by atoms with van der Waals surface area (Å²) >= 11 is 0. The van der Waals surface area contributed by atoms with Gasteiger partial charge in [-0.15, -0.1) is 0 Å². The first-order valence-corrected chi connectivity index (χ1v) is 10.1. The molecule has 0 aliphatic carbocycles. The number of amides is 3. The number of aryl methyl sites for hydroxylation is 2. The van der Waals surface area contributed by atoms with Gasteiger partial charge in [-0.25, -0.2) is 9.18 Å². The number of carbonyl (C=O) groups excluding carboxylic acids is 2. The first kappa shape index (κ1) is 20.6. The number of hydrogen-bond donors (Lipinski definition) is 1. The van der Waals surface area contributed by atoms with E-state index in [2.05, 4.69) is 35.9 Å². The fourth-order valence-electron chi connectivity index (χ4n) is 3.95. The molecule has 6 heteroatoms. The van der Waals surface area contributed by atoms with Gasteiger partial charge in [0.05, 0.1) is 6.54 Å². The van der Waals surface area contributed by atoms with Crippen LogP contribution in [-0.2, 0) is 11.3 Å². The highest BCUT2D eigenvalue weighted by Crippen LogP contribution is 2.27. The van der Waals surface area contributed by atoms with Gasteiger partial charge in [0.2, 0.25) is 0 Å². The summed E-state index contributed by atoms with van der Waals surface area (Å²) in [5, 5.41) is 2.62. The van der Waals surface area contributed by atoms with E-state index in [0.29, 0.717) is 5.56 Å². The van der Waals surface area contributed by atoms with Gasteiger partial charge in [0.15, 0.2) is 0 Å². The quantitative estimate of drug-likeness (QED) is 0.483. The third-order valence-corrected chi connectivity index (χ3v) is 5.84. The predicted octanol–water partition coefficient (Wildman–Crippen LogP) is 4.94. The van der Waals surface area contributed by atoms with Gasteiger partial charge in [-0.2, -0.15) is 0 Å². The Hall–Kier alpha value is -3.67. The van der Waals surface area contributed by atoms with E-state index in [1.165, 1.54) is 17.2 Å². The minimum absolute atomic E-state index is 0.115. The van der Waals surface area contributed by atoms with E-state index < -0.39 is 17.8 Å². The number of benzene rings is 2. The molecule has 1 aliphatic rings. The first-order chi connectivity index (χ1) is 14.8. The number of imide groups is 1. The molecule has 2 aromatic carbocycles. The molecule has 1 aliphatic heterocycles. The van der Waals surface area contributed by atoms with E-state index in [9.17, 15) is 14.0 Å². The van der Waals surface area contributed by atoms with Crippen LogP contribution in [0.25, 0.3) is 11.8 Å². The van der Waals surface area contributed by atoms with E-state index in [4.69, 9.17) is 0 Å². The molecule has 2 heterocycles. The van der Waals surface area contributed by atoms with Gasteiger partial charge in [-0.3, -0.25) is 9.69 Å². The van der Waals surface area contributed by atoms with Crippen molar-refractivity contribution in [2.45, 2.75) is 34.2 Å². The molecule has 0 bridgehead atoms. The number of nitrogens with one attached hydrogen (secondary N) is 1. The monoisotopic (exact) mass is 417 g/mol. The zero-order valence-electron chi connectivity index (χ0n) is 18.0. The zero-order valence-corrected chi connectivity index (χ0v) is 18.0. The van der Waals surface area contributed by atoms with Crippen molar-refractivity contribution in [3.05, 3.63) is 93.7 Å². The van der Waals surface area contributed by atoms with E-state index >= 15 is 0 Å². The summed E-state index contributed by atoms with van der Waals surface area (Å²) in [5.74, 6) is -0.914. The molecule has 1 aromatic heterocycles. The van der Waals surface area contributed by atoms with E-state index in [0.717, 1.165) is 27.5 Å². The predicted molar refractivity (Wildman–Crippen MR) is 118 cm³/mol. The molecule has 1 fully saturated rings. The summed E-state index contributed by atoms with van der Waals surface area (Å²) in [6, 6.07) is 13.7. The van der Waals surface area contributed by atoms with Crippen molar-refractivity contribution in [1.29, 1.82) is 0 Å². The first-order valence-electron chi connectivity index (χ1n) is 10.1. The highest BCUT2D eigenvalue weighted by atomic mass is 19.1. The fourth-order valence-corrected chi connectivity index (χ4v) is 3.95. The molecule has 31 heavy (non-hydrogen) atoms. The molecule has 3 amide bonds. The van der Waals surface area contributed by atoms with Crippen LogP contribution in [0.5, 0.6) is 0 Å². The summed E-state index contributed by atoms with van der Waals surface area (Å²) < 4.78 is 16.1. The molecule has 5 nitrogen and oxygen atoms in total. The number of carbonyl (C=O) groups is 2. The Labute approximate surface area is 180 Å². The Balaban J connectivity index is 1.67. The van der Waals surface area contributed by atoms with Gasteiger partial charge in [0.1, 0.15) is 11.5 Å². The number of halogens is 1. The van der Waals surface area contributed by atoms with Crippen molar-refractivity contribution >= 4 is 18.0 Å². The molecule has 0 unspecified atom stereocenters. The molecule has 1 saturated heterocycles. The van der Waals surface area contributed by atoms with Crippen molar-refractivity contribution in [2.24, 2.45) is 0 Å². The molecule has 1 N–H and O–H groups in total. The summed E-state index contributed by atoms with van der Waals surface area (Å²) in [4.78, 5) is 26.3. The van der Waals surface area contributed by atoms with Gasteiger partial charge in [-0.05, 0) is 68.7 Å². The van der Waals surface area contributed by atoms with Crippen LogP contribution in [-0.4, -0.2) is 21.4 Å². The largest absolute Gasteiger partial charge is 0.329 e. The van der Waals surface area contributed by atoms with Crippen LogP contribution in [0, 0.1) is 33.5 Å². The van der Waals surface area contributed by atoms with E-state index in [-0.39, 0.29) is 12.2 Å². The van der Waals surface area contributed by atoms with Crippen molar-refractivity contribution in [3.63, 3.8) is 0 Å². The Morgan fingerprint density at radius 2 is 1.74 bits per heavy atom. The minimum atomic E-state index is -0.553. The Kier molecular flexibility index (Phi) is 5.23. The zero-order chi connectivity index (χ0) is 22.3. The molecule has 158 valence electrons. The molecule has 0 atom stereocenters. The van der Waals surface area contributed by atoms with Crippen molar-refractivity contribution in [2.75, 3.05) is 0 Å². The van der Waals surface area contributed by atoms with Gasteiger partial charge in [-0.1, -0.05) is 30.3 Å². The maximum Gasteiger partial charge on any atom is 0.329 e. The van der Waals surface area contributed by atoms with Crippen molar-refractivity contribution < 1.29 is 14.0 Å². The van der Waals surface area contributed by atoms with Crippen LogP contribution in [0.4, 0.5) is 9.18 Å². The van der Waals surface area contributed by atoms with Crippen LogP contribution in [0.15, 0.2) is 54.2 Å². The van der Waals surface area contributed by atoms with Gasteiger partial charge in [0.25, 0.3) is 5.91 Å². The lowest BCUT2D eigenvalue weighted by Gasteiger charge is -2.14.